The monoisotopic (exact) mass is 300 g/mol. The normalized spacial score (nSPS) is 11.7. The molecule has 0 saturated heterocycles. The van der Waals surface area contributed by atoms with E-state index in [0.717, 1.165) is 11.4 Å². The molecule has 1 aromatic rings. The molecule has 0 unspecified atom stereocenters. The second-order valence-electron chi connectivity index (χ2n) is 3.90. The fourth-order valence-electron chi connectivity index (χ4n) is 1.53. The van der Waals surface area contributed by atoms with Gasteiger partial charge in [-0.25, -0.2) is 8.42 Å². The topological polar surface area (TPSA) is 49.4 Å². The van der Waals surface area contributed by atoms with Crippen molar-refractivity contribution in [2.45, 2.75) is 17.7 Å². The van der Waals surface area contributed by atoms with Gasteiger partial charge in [0.05, 0.1) is 0 Å². The first-order chi connectivity index (χ1) is 9.06. The zero-order chi connectivity index (χ0) is 14.3. The summed E-state index contributed by atoms with van der Waals surface area (Å²) in [7, 11) is -3.45. The van der Waals surface area contributed by atoms with Crippen molar-refractivity contribution in [3.63, 3.8) is 0 Å². The van der Waals surface area contributed by atoms with Crippen LogP contribution in [0.15, 0.2) is 41.7 Å². The summed E-state index contributed by atoms with van der Waals surface area (Å²) in [6, 6.07) is 3.51. The fourth-order valence-corrected chi connectivity index (χ4v) is 4.39. The summed E-state index contributed by atoms with van der Waals surface area (Å²) >= 11 is 1.30. The molecule has 106 valence electrons. The molecule has 0 aromatic carbocycles. The second kappa shape index (κ2) is 7.59. The molecule has 1 aromatic heterocycles. The molecule has 0 spiro atoms. The Morgan fingerprint density at radius 2 is 1.95 bits per heavy atom. The lowest BCUT2D eigenvalue weighted by Gasteiger charge is -2.17. The highest BCUT2D eigenvalue weighted by atomic mass is 32.2. The standard InChI is InChI=1S/C13H20N2O2S2/c1-4-9-15(10-5-2)19(16,17)13-8-7-12(18-13)11-14-6-3/h4-5,7-8,14H,1-2,6,9-11H2,3H3. The van der Waals surface area contributed by atoms with Crippen molar-refractivity contribution in [2.24, 2.45) is 0 Å². The number of hydrogen-bond donors (Lipinski definition) is 1. The Labute approximate surface area is 119 Å². The van der Waals surface area contributed by atoms with E-state index in [1.165, 1.54) is 15.6 Å². The Morgan fingerprint density at radius 3 is 2.47 bits per heavy atom. The largest absolute Gasteiger partial charge is 0.312 e. The van der Waals surface area contributed by atoms with Gasteiger partial charge >= 0.3 is 0 Å². The predicted molar refractivity (Wildman–Crippen MR) is 80.9 cm³/mol. The van der Waals surface area contributed by atoms with Gasteiger partial charge in [-0.2, -0.15) is 4.31 Å². The van der Waals surface area contributed by atoms with E-state index in [4.69, 9.17) is 0 Å². The van der Waals surface area contributed by atoms with Crippen molar-refractivity contribution in [1.82, 2.24) is 9.62 Å². The van der Waals surface area contributed by atoms with E-state index in [-0.39, 0.29) is 13.1 Å². The van der Waals surface area contributed by atoms with Crippen LogP contribution in [0, 0.1) is 0 Å². The number of sulfonamides is 1. The Morgan fingerprint density at radius 1 is 1.32 bits per heavy atom. The lowest BCUT2D eigenvalue weighted by atomic mass is 10.4. The second-order valence-corrected chi connectivity index (χ2v) is 7.23. The Kier molecular flexibility index (Phi) is 6.44. The average molecular weight is 300 g/mol. The van der Waals surface area contributed by atoms with Gasteiger partial charge in [0, 0.05) is 24.5 Å². The molecule has 0 amide bonds. The molecule has 1 N–H and O–H groups in total. The van der Waals surface area contributed by atoms with Gasteiger partial charge in [-0.1, -0.05) is 19.1 Å². The Bertz CT molecular complexity index is 511. The molecule has 1 heterocycles. The number of thiophene rings is 1. The van der Waals surface area contributed by atoms with Crippen molar-refractivity contribution in [1.29, 1.82) is 0 Å². The number of hydrogen-bond acceptors (Lipinski definition) is 4. The van der Waals surface area contributed by atoms with Crippen LogP contribution < -0.4 is 5.32 Å². The van der Waals surface area contributed by atoms with Crippen LogP contribution in [-0.4, -0.2) is 32.4 Å². The lowest BCUT2D eigenvalue weighted by Crippen LogP contribution is -2.30. The smallest absolute Gasteiger partial charge is 0.253 e. The fraction of sp³-hybridized carbons (Fsp3) is 0.385. The maximum absolute atomic E-state index is 12.4. The number of rotatable bonds is 9. The van der Waals surface area contributed by atoms with Gasteiger partial charge < -0.3 is 5.32 Å². The van der Waals surface area contributed by atoms with E-state index in [2.05, 4.69) is 18.5 Å². The zero-order valence-electron chi connectivity index (χ0n) is 11.1. The maximum atomic E-state index is 12.4. The van der Waals surface area contributed by atoms with E-state index in [1.54, 1.807) is 18.2 Å². The lowest BCUT2D eigenvalue weighted by molar-refractivity contribution is 0.476. The molecule has 0 bridgehead atoms. The molecular formula is C13H20N2O2S2. The average Bonchev–Trinajstić information content (AvgIpc) is 2.85. The van der Waals surface area contributed by atoms with Gasteiger partial charge in [0.25, 0.3) is 10.0 Å². The molecular weight excluding hydrogens is 280 g/mol. The molecule has 0 aliphatic heterocycles. The predicted octanol–water partition coefficient (Wildman–Crippen LogP) is 2.22. The summed E-state index contributed by atoms with van der Waals surface area (Å²) in [6.07, 6.45) is 3.16. The van der Waals surface area contributed by atoms with E-state index < -0.39 is 10.0 Å². The highest BCUT2D eigenvalue weighted by Crippen LogP contribution is 2.24. The zero-order valence-corrected chi connectivity index (χ0v) is 12.8. The molecule has 0 saturated carbocycles. The SMILES string of the molecule is C=CCN(CC=C)S(=O)(=O)c1ccc(CNCC)s1. The minimum absolute atomic E-state index is 0.287. The van der Waals surface area contributed by atoms with Gasteiger partial charge in [-0.15, -0.1) is 24.5 Å². The van der Waals surface area contributed by atoms with Crippen molar-refractivity contribution in [3.8, 4) is 0 Å². The summed E-state index contributed by atoms with van der Waals surface area (Å²) < 4.78 is 26.6. The van der Waals surface area contributed by atoms with Crippen LogP contribution in [0.3, 0.4) is 0 Å². The van der Waals surface area contributed by atoms with E-state index in [1.807, 2.05) is 13.0 Å². The first-order valence-corrected chi connectivity index (χ1v) is 8.33. The van der Waals surface area contributed by atoms with Gasteiger partial charge in [-0.3, -0.25) is 0 Å². The Balaban J connectivity index is 2.93. The molecule has 0 aliphatic rings. The van der Waals surface area contributed by atoms with Gasteiger partial charge in [0.1, 0.15) is 4.21 Å². The molecule has 6 heteroatoms. The minimum Gasteiger partial charge on any atom is -0.312 e. The third-order valence-electron chi connectivity index (χ3n) is 2.45. The van der Waals surface area contributed by atoms with Crippen molar-refractivity contribution in [2.75, 3.05) is 19.6 Å². The first-order valence-electron chi connectivity index (χ1n) is 6.07. The molecule has 0 aliphatic carbocycles. The van der Waals surface area contributed by atoms with Crippen LogP contribution in [0.25, 0.3) is 0 Å². The molecule has 0 atom stereocenters. The molecule has 0 fully saturated rings. The first kappa shape index (κ1) is 16.1. The quantitative estimate of drug-likeness (QED) is 0.711. The summed E-state index contributed by atoms with van der Waals surface area (Å²) in [5, 5.41) is 3.18. The number of nitrogens with one attached hydrogen (secondary N) is 1. The van der Waals surface area contributed by atoms with Crippen LogP contribution >= 0.6 is 11.3 Å². The third-order valence-corrected chi connectivity index (χ3v) is 5.83. The van der Waals surface area contributed by atoms with Crippen LogP contribution in [-0.2, 0) is 16.6 Å². The van der Waals surface area contributed by atoms with Crippen molar-refractivity contribution < 1.29 is 8.42 Å². The van der Waals surface area contributed by atoms with Gasteiger partial charge in [0.15, 0.2) is 0 Å². The molecule has 1 rings (SSSR count). The molecule has 19 heavy (non-hydrogen) atoms. The van der Waals surface area contributed by atoms with Crippen molar-refractivity contribution in [3.05, 3.63) is 42.3 Å². The third kappa shape index (κ3) is 4.28. The van der Waals surface area contributed by atoms with Crippen molar-refractivity contribution >= 4 is 21.4 Å². The van der Waals surface area contributed by atoms with Crippen LogP contribution in [0.2, 0.25) is 0 Å². The molecule has 0 radical (unpaired) electrons. The van der Waals surface area contributed by atoms with Gasteiger partial charge in [0.2, 0.25) is 0 Å². The van der Waals surface area contributed by atoms with E-state index in [9.17, 15) is 8.42 Å². The van der Waals surface area contributed by atoms with Crippen LogP contribution in [0.1, 0.15) is 11.8 Å². The summed E-state index contributed by atoms with van der Waals surface area (Å²) in [5.41, 5.74) is 0. The Hall–Kier alpha value is -0.950. The molecule has 4 nitrogen and oxygen atoms in total. The van der Waals surface area contributed by atoms with Crippen LogP contribution in [0.5, 0.6) is 0 Å². The van der Waals surface area contributed by atoms with Crippen LogP contribution in [0.4, 0.5) is 0 Å². The summed E-state index contributed by atoms with van der Waals surface area (Å²) in [6.45, 7) is 11.3. The highest BCUT2D eigenvalue weighted by Gasteiger charge is 2.24. The van der Waals surface area contributed by atoms with E-state index in [0.29, 0.717) is 10.8 Å². The highest BCUT2D eigenvalue weighted by molar-refractivity contribution is 7.91. The van der Waals surface area contributed by atoms with Gasteiger partial charge in [-0.05, 0) is 18.7 Å². The minimum atomic E-state index is -3.45. The summed E-state index contributed by atoms with van der Waals surface area (Å²) in [5.74, 6) is 0. The summed E-state index contributed by atoms with van der Waals surface area (Å²) in [4.78, 5) is 1.01. The van der Waals surface area contributed by atoms with E-state index >= 15 is 0 Å². The number of nitrogens with zero attached hydrogens (tertiary/aromatic N) is 1. The maximum Gasteiger partial charge on any atom is 0.253 e.